The summed E-state index contributed by atoms with van der Waals surface area (Å²) in [5.41, 5.74) is -7.39. The number of nitriles is 1. The molecule has 0 aliphatic carbocycles. The predicted molar refractivity (Wildman–Crippen MR) is 66.5 cm³/mol. The van der Waals surface area contributed by atoms with Crippen molar-refractivity contribution in [3.05, 3.63) is 58.7 Å². The average Bonchev–Trinajstić information content (AvgIpc) is 2.44. The van der Waals surface area contributed by atoms with Crippen molar-refractivity contribution in [3.63, 3.8) is 0 Å². The molecule has 1 nitrogen and oxygen atoms in total. The van der Waals surface area contributed by atoms with Crippen LogP contribution in [0.15, 0.2) is 30.3 Å². The van der Waals surface area contributed by atoms with Gasteiger partial charge in [-0.15, -0.1) is 0 Å². The maximum Gasteiger partial charge on any atom is 0.417 e. The molecule has 0 radical (unpaired) electrons. The fourth-order valence-electron chi connectivity index (χ4n) is 2.17. The first-order valence-corrected chi connectivity index (χ1v) is 6.13. The van der Waals surface area contributed by atoms with E-state index in [9.17, 15) is 35.1 Å². The lowest BCUT2D eigenvalue weighted by Crippen LogP contribution is -2.15. The Balaban J connectivity index is 2.96. The Bertz CT molecular complexity index is 772. The first-order valence-electron chi connectivity index (χ1n) is 6.13. The number of hydrogen-bond donors (Lipinski definition) is 0. The van der Waals surface area contributed by atoms with E-state index >= 15 is 0 Å². The minimum absolute atomic E-state index is 0.293. The van der Waals surface area contributed by atoms with Crippen LogP contribution in [0.4, 0.5) is 35.1 Å². The van der Waals surface area contributed by atoms with Gasteiger partial charge in [0.05, 0.1) is 28.3 Å². The molecule has 0 spiro atoms. The molecule has 2 aromatic carbocycles. The summed E-state index contributed by atoms with van der Waals surface area (Å²) in [5, 5.41) is 8.57. The summed E-state index contributed by atoms with van der Waals surface area (Å²) in [6, 6.07) is 3.17. The highest BCUT2D eigenvalue weighted by atomic mass is 19.4. The quantitative estimate of drug-likeness (QED) is 0.619. The maximum atomic E-state index is 14.0. The molecule has 126 valence electrons. The van der Waals surface area contributed by atoms with Crippen molar-refractivity contribution in [2.75, 3.05) is 0 Å². The summed E-state index contributed by atoms with van der Waals surface area (Å²) in [5.74, 6) is -3.40. The molecule has 0 saturated heterocycles. The van der Waals surface area contributed by atoms with E-state index < -0.39 is 51.8 Å². The van der Waals surface area contributed by atoms with Gasteiger partial charge >= 0.3 is 12.4 Å². The fraction of sp³-hybridized carbons (Fsp3) is 0.133. The third-order valence-corrected chi connectivity index (χ3v) is 3.10. The van der Waals surface area contributed by atoms with Crippen LogP contribution >= 0.6 is 0 Å². The van der Waals surface area contributed by atoms with Gasteiger partial charge in [0.25, 0.3) is 0 Å². The zero-order chi connectivity index (χ0) is 18.3. The molecular formula is C15H5F8N. The third kappa shape index (κ3) is 3.18. The standard InChI is InChI=1S/C15H5F8N/c16-10-4-7(6-24)5-11(17)13(10)12-8(14(18,19)20)2-1-3-9(12)15(21,22)23/h1-5H. The van der Waals surface area contributed by atoms with E-state index in [4.69, 9.17) is 5.26 Å². The van der Waals surface area contributed by atoms with E-state index in [0.29, 0.717) is 30.3 Å². The van der Waals surface area contributed by atoms with Crippen LogP contribution in [0.2, 0.25) is 0 Å². The van der Waals surface area contributed by atoms with E-state index in [1.807, 2.05) is 0 Å². The Morgan fingerprint density at radius 3 is 1.50 bits per heavy atom. The van der Waals surface area contributed by atoms with Crippen LogP contribution in [0.25, 0.3) is 11.1 Å². The average molecular weight is 351 g/mol. The molecule has 0 aromatic heterocycles. The summed E-state index contributed by atoms with van der Waals surface area (Å²) in [6.07, 6.45) is -10.5. The second kappa shape index (κ2) is 5.78. The highest BCUT2D eigenvalue weighted by Gasteiger charge is 2.42. The van der Waals surface area contributed by atoms with E-state index in [2.05, 4.69) is 0 Å². The van der Waals surface area contributed by atoms with Crippen LogP contribution < -0.4 is 0 Å². The van der Waals surface area contributed by atoms with E-state index in [1.165, 1.54) is 6.07 Å². The van der Waals surface area contributed by atoms with Crippen molar-refractivity contribution in [1.82, 2.24) is 0 Å². The number of hydrogen-bond acceptors (Lipinski definition) is 1. The Kier molecular flexibility index (Phi) is 4.27. The van der Waals surface area contributed by atoms with Gasteiger partial charge in [-0.25, -0.2) is 8.78 Å². The molecule has 0 bridgehead atoms. The highest BCUT2D eigenvalue weighted by Crippen LogP contribution is 2.45. The number of alkyl halides is 6. The van der Waals surface area contributed by atoms with Crippen molar-refractivity contribution >= 4 is 0 Å². The van der Waals surface area contributed by atoms with Crippen LogP contribution in [0.1, 0.15) is 16.7 Å². The third-order valence-electron chi connectivity index (χ3n) is 3.10. The van der Waals surface area contributed by atoms with E-state index in [1.54, 1.807) is 0 Å². The smallest absolute Gasteiger partial charge is 0.206 e. The monoisotopic (exact) mass is 351 g/mol. The summed E-state index contributed by atoms with van der Waals surface area (Å²) in [7, 11) is 0. The minimum Gasteiger partial charge on any atom is -0.206 e. The zero-order valence-corrected chi connectivity index (χ0v) is 11.4. The molecule has 2 aromatic rings. The Morgan fingerprint density at radius 1 is 0.750 bits per heavy atom. The molecule has 0 atom stereocenters. The predicted octanol–water partition coefficient (Wildman–Crippen LogP) is 5.54. The van der Waals surface area contributed by atoms with Crippen molar-refractivity contribution < 1.29 is 35.1 Å². The molecule has 0 saturated carbocycles. The van der Waals surface area contributed by atoms with Crippen LogP contribution in [0, 0.1) is 23.0 Å². The lowest BCUT2D eigenvalue weighted by Gasteiger charge is -2.19. The molecule has 0 N–H and O–H groups in total. The molecule has 0 aliphatic heterocycles. The van der Waals surface area contributed by atoms with Gasteiger partial charge in [0.1, 0.15) is 11.6 Å². The van der Waals surface area contributed by atoms with Crippen molar-refractivity contribution in [1.29, 1.82) is 5.26 Å². The van der Waals surface area contributed by atoms with Crippen LogP contribution in [-0.4, -0.2) is 0 Å². The molecule has 0 aliphatic rings. The maximum absolute atomic E-state index is 14.0. The van der Waals surface area contributed by atoms with Gasteiger partial charge in [-0.2, -0.15) is 31.6 Å². The van der Waals surface area contributed by atoms with Crippen LogP contribution in [0.5, 0.6) is 0 Å². The zero-order valence-electron chi connectivity index (χ0n) is 11.4. The topological polar surface area (TPSA) is 23.8 Å². The normalized spacial score (nSPS) is 12.1. The van der Waals surface area contributed by atoms with Crippen LogP contribution in [-0.2, 0) is 12.4 Å². The van der Waals surface area contributed by atoms with Crippen molar-refractivity contribution in [2.24, 2.45) is 0 Å². The van der Waals surface area contributed by atoms with Gasteiger partial charge in [0.2, 0.25) is 0 Å². The molecule has 0 unspecified atom stereocenters. The second-order valence-corrected chi connectivity index (χ2v) is 4.65. The number of halogens is 8. The molecule has 0 fully saturated rings. The molecule has 9 heteroatoms. The van der Waals surface area contributed by atoms with Gasteiger partial charge in [-0.1, -0.05) is 6.07 Å². The molecular weight excluding hydrogens is 346 g/mol. The SMILES string of the molecule is N#Cc1cc(F)c(-c2c(C(F)(F)F)cccc2C(F)(F)F)c(F)c1. The van der Waals surface area contributed by atoms with Crippen LogP contribution in [0.3, 0.4) is 0 Å². The van der Waals surface area contributed by atoms with Crippen molar-refractivity contribution in [3.8, 4) is 17.2 Å². The lowest BCUT2D eigenvalue weighted by atomic mass is 9.92. The van der Waals surface area contributed by atoms with E-state index in [0.717, 1.165) is 0 Å². The highest BCUT2D eigenvalue weighted by molar-refractivity contribution is 5.74. The molecule has 0 amide bonds. The van der Waals surface area contributed by atoms with Gasteiger partial charge in [-0.05, 0) is 24.3 Å². The van der Waals surface area contributed by atoms with E-state index in [-0.39, 0.29) is 0 Å². The molecule has 2 rings (SSSR count). The van der Waals surface area contributed by atoms with Gasteiger partial charge in [0.15, 0.2) is 0 Å². The fourth-order valence-corrected chi connectivity index (χ4v) is 2.17. The minimum atomic E-state index is -5.27. The van der Waals surface area contributed by atoms with Gasteiger partial charge in [-0.3, -0.25) is 0 Å². The first-order chi connectivity index (χ1) is 11.0. The molecule has 24 heavy (non-hydrogen) atoms. The molecule has 0 heterocycles. The lowest BCUT2D eigenvalue weighted by molar-refractivity contribution is -0.142. The number of rotatable bonds is 1. The summed E-state index contributed by atoms with van der Waals surface area (Å²) in [6.45, 7) is 0. The second-order valence-electron chi connectivity index (χ2n) is 4.65. The summed E-state index contributed by atoms with van der Waals surface area (Å²) in [4.78, 5) is 0. The van der Waals surface area contributed by atoms with Gasteiger partial charge in [0, 0.05) is 5.56 Å². The first kappa shape index (κ1) is 17.7. The summed E-state index contributed by atoms with van der Waals surface area (Å²) >= 11 is 0. The van der Waals surface area contributed by atoms with Crippen molar-refractivity contribution in [2.45, 2.75) is 12.4 Å². The Labute approximate surface area is 129 Å². The Hall–Kier alpha value is -2.63. The Morgan fingerprint density at radius 2 is 1.17 bits per heavy atom. The van der Waals surface area contributed by atoms with Gasteiger partial charge < -0.3 is 0 Å². The number of nitrogens with zero attached hydrogens (tertiary/aromatic N) is 1. The summed E-state index contributed by atoms with van der Waals surface area (Å²) < 4.78 is 106. The number of benzene rings is 2. The largest absolute Gasteiger partial charge is 0.417 e.